The molecule has 5 rings (SSSR count). The molecule has 7 atom stereocenters. The summed E-state index contributed by atoms with van der Waals surface area (Å²) in [6.45, 7) is 24.2. The molecule has 2 saturated heterocycles. The minimum absolute atomic E-state index is 0.0777. The van der Waals surface area contributed by atoms with E-state index in [0.717, 1.165) is 0 Å². The lowest BCUT2D eigenvalue weighted by Crippen LogP contribution is -2.46. The molecule has 2 aliphatic rings. The summed E-state index contributed by atoms with van der Waals surface area (Å²) in [5.41, 5.74) is -1.14. The zero-order chi connectivity index (χ0) is 42.3. The fraction of sp³-hybridized carbons (Fsp3) is 0.632. The summed E-state index contributed by atoms with van der Waals surface area (Å²) < 4.78 is 56.8. The van der Waals surface area contributed by atoms with Crippen LogP contribution in [0, 0.1) is 13.8 Å². The number of hydrogen-bond acceptors (Lipinski definition) is 11. The maximum Gasteiger partial charge on any atom is 0.433 e. The van der Waals surface area contributed by atoms with Gasteiger partial charge in [-0.3, -0.25) is 42.8 Å². The Balaban J connectivity index is 1.48. The molecule has 2 aromatic heterocycles. The van der Waals surface area contributed by atoms with Crippen LogP contribution in [-0.2, 0) is 31.9 Å². The largest absolute Gasteiger partial charge is 0.433 e. The molecule has 16 nitrogen and oxygen atoms in total. The number of aromatic amines is 2. The van der Waals surface area contributed by atoms with Crippen molar-refractivity contribution >= 4 is 30.1 Å². The summed E-state index contributed by atoms with van der Waals surface area (Å²) in [6, 6.07) is 8.83. The summed E-state index contributed by atoms with van der Waals surface area (Å²) in [5.74, 6) is 0. The Hall–Kier alpha value is -3.20. The van der Waals surface area contributed by atoms with E-state index in [1.807, 2.05) is 6.07 Å². The summed E-state index contributed by atoms with van der Waals surface area (Å²) in [5, 5.41) is 2.70. The molecule has 2 aliphatic heterocycles. The second-order valence-corrected chi connectivity index (χ2v) is 29.3. The Morgan fingerprint density at radius 2 is 1.23 bits per heavy atom. The molecule has 0 aliphatic carbocycles. The van der Waals surface area contributed by atoms with Crippen molar-refractivity contribution in [3.63, 3.8) is 0 Å². The third kappa shape index (κ3) is 10.5. The first-order valence-corrected chi connectivity index (χ1v) is 26.7. The number of nitrogens with zero attached hydrogens (tertiary/aromatic N) is 2. The molecule has 57 heavy (non-hydrogen) atoms. The van der Waals surface area contributed by atoms with Gasteiger partial charge in [0.15, 0.2) is 16.6 Å². The number of hydrogen-bond donors (Lipinski definition) is 3. The molecule has 316 valence electrons. The molecule has 4 heterocycles. The van der Waals surface area contributed by atoms with Gasteiger partial charge in [0.2, 0.25) is 0 Å². The molecule has 0 saturated carbocycles. The van der Waals surface area contributed by atoms with Gasteiger partial charge < -0.3 is 18.3 Å². The van der Waals surface area contributed by atoms with E-state index in [2.05, 4.69) is 82.8 Å². The van der Waals surface area contributed by atoms with Crippen LogP contribution in [0.2, 0.25) is 36.3 Å². The highest BCUT2D eigenvalue weighted by molar-refractivity contribution is 7.55. The van der Waals surface area contributed by atoms with Crippen molar-refractivity contribution in [2.24, 2.45) is 0 Å². The number of H-pyrrole nitrogens is 2. The molecular formula is C38H60N5O11PSi2. The number of aryl methyl sites for hydroxylation is 2. The first-order chi connectivity index (χ1) is 26.3. The minimum atomic E-state index is -4.31. The number of para-hydroxylation sites is 1. The van der Waals surface area contributed by atoms with Gasteiger partial charge in [0, 0.05) is 42.0 Å². The monoisotopic (exact) mass is 849 g/mol. The van der Waals surface area contributed by atoms with E-state index in [-0.39, 0.29) is 36.1 Å². The molecule has 1 aromatic carbocycles. The highest BCUT2D eigenvalue weighted by Gasteiger charge is 2.48. The Bertz CT molecular complexity index is 2170. The van der Waals surface area contributed by atoms with Gasteiger partial charge in [-0.15, -0.1) is 0 Å². The van der Waals surface area contributed by atoms with E-state index in [4.69, 9.17) is 27.4 Å². The van der Waals surface area contributed by atoms with E-state index in [9.17, 15) is 19.2 Å². The van der Waals surface area contributed by atoms with Gasteiger partial charge in [0.25, 0.3) is 11.1 Å². The van der Waals surface area contributed by atoms with Crippen LogP contribution in [-0.4, -0.2) is 73.4 Å². The van der Waals surface area contributed by atoms with Crippen LogP contribution in [0.3, 0.4) is 0 Å². The number of rotatable bonds is 14. The molecule has 0 spiro atoms. The van der Waals surface area contributed by atoms with Crippen LogP contribution >= 0.6 is 7.75 Å². The lowest BCUT2D eigenvalue weighted by molar-refractivity contribution is -0.0498. The van der Waals surface area contributed by atoms with Gasteiger partial charge in [0.05, 0.1) is 19.3 Å². The third-order valence-corrected chi connectivity index (χ3v) is 22.2. The molecule has 3 aromatic rings. The third-order valence-electron chi connectivity index (χ3n) is 11.7. The fourth-order valence-electron chi connectivity index (χ4n) is 6.05. The van der Waals surface area contributed by atoms with Crippen LogP contribution < -0.4 is 27.6 Å². The molecular weight excluding hydrogens is 790 g/mol. The second-order valence-electron chi connectivity index (χ2n) is 18.1. The molecule has 0 bridgehead atoms. The zero-order valence-electron chi connectivity index (χ0n) is 35.2. The topological polar surface area (TPSA) is 194 Å². The van der Waals surface area contributed by atoms with Crippen LogP contribution in [0.5, 0.6) is 0 Å². The molecule has 0 amide bonds. The summed E-state index contributed by atoms with van der Waals surface area (Å²) in [6.07, 6.45) is -1.50. The Morgan fingerprint density at radius 3 is 1.72 bits per heavy atom. The van der Waals surface area contributed by atoms with Gasteiger partial charge >= 0.3 is 19.1 Å². The van der Waals surface area contributed by atoms with E-state index < -0.39 is 83.8 Å². The van der Waals surface area contributed by atoms with Crippen molar-refractivity contribution in [3.05, 3.63) is 95.5 Å². The number of nitrogens with one attached hydrogen (secondary N) is 3. The van der Waals surface area contributed by atoms with Crippen molar-refractivity contribution < 1.29 is 31.9 Å². The quantitative estimate of drug-likeness (QED) is 0.121. The predicted molar refractivity (Wildman–Crippen MR) is 223 cm³/mol. The van der Waals surface area contributed by atoms with Crippen molar-refractivity contribution in [1.29, 1.82) is 0 Å². The van der Waals surface area contributed by atoms with Gasteiger partial charge in [-0.05, 0) is 62.2 Å². The maximum atomic E-state index is 15.1. The fourth-order valence-corrected chi connectivity index (χ4v) is 9.99. The van der Waals surface area contributed by atoms with Gasteiger partial charge in [0.1, 0.15) is 30.8 Å². The van der Waals surface area contributed by atoms with E-state index in [0.29, 0.717) is 16.8 Å². The standard InChI is InChI=1S/C38H60N5O11PSi2/c1-24-20-42(35(46)39-33(24)44)31-18-27(30(52-31)23-50-56(9,10)37(3,4)5)53-55(48,41-26-16-14-13-15-17-26)49-22-29-28(54-57(11,12)38(6,7)8)19-32(51-29)43-21-25(2)34(45)40-36(43)47/h13-17,20-21,27-32H,18-19,22-23H2,1-12H3,(H,41,48)(H,39,44,46)(H,40,45,47)/t27-,28-,29+,30+,31+,32+,55?/m0/s1. The summed E-state index contributed by atoms with van der Waals surface area (Å²) in [4.78, 5) is 55.1. The maximum absolute atomic E-state index is 15.1. The van der Waals surface area contributed by atoms with Crippen LogP contribution in [0.15, 0.2) is 61.9 Å². The molecule has 19 heteroatoms. The summed E-state index contributed by atoms with van der Waals surface area (Å²) >= 11 is 0. The highest BCUT2D eigenvalue weighted by atomic mass is 31.2. The van der Waals surface area contributed by atoms with E-state index in [1.165, 1.54) is 21.5 Å². The second kappa shape index (κ2) is 16.8. The number of aromatic nitrogens is 4. The Morgan fingerprint density at radius 1 is 0.754 bits per heavy atom. The molecule has 0 radical (unpaired) electrons. The van der Waals surface area contributed by atoms with Crippen LogP contribution in [0.4, 0.5) is 5.69 Å². The minimum Gasteiger partial charge on any atom is -0.414 e. The van der Waals surface area contributed by atoms with Gasteiger partial charge in [-0.1, -0.05) is 59.7 Å². The summed E-state index contributed by atoms with van der Waals surface area (Å²) in [7, 11) is -9.03. The Labute approximate surface area is 335 Å². The van der Waals surface area contributed by atoms with Crippen molar-refractivity contribution in [3.8, 4) is 0 Å². The van der Waals surface area contributed by atoms with Gasteiger partial charge in [-0.25, -0.2) is 14.2 Å². The van der Waals surface area contributed by atoms with E-state index >= 15 is 4.57 Å². The zero-order valence-corrected chi connectivity index (χ0v) is 38.1. The van der Waals surface area contributed by atoms with E-state index in [1.54, 1.807) is 38.1 Å². The first kappa shape index (κ1) is 44.9. The number of ether oxygens (including phenoxy) is 2. The molecule has 1 unspecified atom stereocenters. The van der Waals surface area contributed by atoms with Crippen molar-refractivity contribution in [2.75, 3.05) is 18.3 Å². The lowest BCUT2D eigenvalue weighted by Gasteiger charge is -2.39. The van der Waals surface area contributed by atoms with Crippen LogP contribution in [0.1, 0.15) is 78.0 Å². The predicted octanol–water partition coefficient (Wildman–Crippen LogP) is 6.31. The average molecular weight is 850 g/mol. The SMILES string of the molecule is Cc1cn([C@H]2C[C@H](O[Si](C)(C)C(C)(C)C)[C@@H](COP(=O)(Nc3ccccc3)O[C@H]3C[C@H](n4cc(C)c(=O)[nH]c4=O)O[C@@H]3CO[Si](C)(C)C(C)(C)C)O2)c(=O)[nH]c1=O. The number of anilines is 1. The lowest BCUT2D eigenvalue weighted by atomic mass is 10.2. The molecule has 3 N–H and O–H groups in total. The first-order valence-electron chi connectivity index (χ1n) is 19.3. The van der Waals surface area contributed by atoms with Crippen molar-refractivity contribution in [2.45, 2.75) is 141 Å². The highest BCUT2D eigenvalue weighted by Crippen LogP contribution is 2.53. The smallest absolute Gasteiger partial charge is 0.414 e. The van der Waals surface area contributed by atoms with Crippen LogP contribution in [0.25, 0.3) is 0 Å². The van der Waals surface area contributed by atoms with Gasteiger partial charge in [-0.2, -0.15) is 0 Å². The number of benzene rings is 1. The Kier molecular flexibility index (Phi) is 13.2. The molecule has 2 fully saturated rings. The average Bonchev–Trinajstić information content (AvgIpc) is 3.68. The van der Waals surface area contributed by atoms with Crippen molar-refractivity contribution in [1.82, 2.24) is 19.1 Å². The normalized spacial score (nSPS) is 24.4.